The minimum atomic E-state index is 0.0481. The Morgan fingerprint density at radius 2 is 1.82 bits per heavy atom. The molecule has 1 N–H and O–H groups in total. The summed E-state index contributed by atoms with van der Waals surface area (Å²) in [6, 6.07) is 11.7. The molecule has 28 heavy (non-hydrogen) atoms. The Labute approximate surface area is 173 Å². The van der Waals surface area contributed by atoms with Crippen LogP contribution in [0.1, 0.15) is 32.1 Å². The first-order chi connectivity index (χ1) is 13.7. The Balaban J connectivity index is 1.52. The lowest BCUT2D eigenvalue weighted by Crippen LogP contribution is -2.37. The summed E-state index contributed by atoms with van der Waals surface area (Å²) in [5.74, 6) is 1.06. The highest BCUT2D eigenvalue weighted by Gasteiger charge is 2.19. The summed E-state index contributed by atoms with van der Waals surface area (Å²) in [5, 5.41) is 13.2. The molecule has 0 saturated heterocycles. The second kappa shape index (κ2) is 8.84. The molecule has 0 spiro atoms. The van der Waals surface area contributed by atoms with Crippen LogP contribution in [-0.2, 0) is 4.79 Å². The van der Waals surface area contributed by atoms with Crippen molar-refractivity contribution in [2.24, 2.45) is 0 Å². The first-order valence-corrected chi connectivity index (χ1v) is 10.8. The van der Waals surface area contributed by atoms with Gasteiger partial charge in [0.05, 0.1) is 5.75 Å². The summed E-state index contributed by atoms with van der Waals surface area (Å²) in [5.41, 5.74) is 0.907. The zero-order chi connectivity index (χ0) is 19.3. The fourth-order valence-electron chi connectivity index (χ4n) is 3.45. The number of benzene rings is 1. The number of rotatable bonds is 6. The van der Waals surface area contributed by atoms with Crippen molar-refractivity contribution in [3.8, 4) is 11.4 Å². The molecular formula is C20H22ClN5OS. The molecule has 1 aliphatic rings. The fourth-order valence-corrected chi connectivity index (χ4v) is 4.32. The minimum absolute atomic E-state index is 0.0481. The standard InChI is InChI=1S/C20H22ClN5OS/c21-16-10-8-15(9-11-16)19-23-24-20(26(19)25-12-4-5-13-25)28-14-18(27)22-17-6-2-1-3-7-17/h4-5,8-13,17H,1-3,6-7,14H2,(H,22,27). The Hall–Kier alpha value is -2.25. The van der Waals surface area contributed by atoms with E-state index in [1.807, 2.05) is 58.1 Å². The van der Waals surface area contributed by atoms with Gasteiger partial charge in [-0.25, -0.2) is 4.68 Å². The molecule has 2 heterocycles. The maximum Gasteiger partial charge on any atom is 0.230 e. The largest absolute Gasteiger partial charge is 0.353 e. The molecule has 0 atom stereocenters. The summed E-state index contributed by atoms with van der Waals surface area (Å²) in [6.45, 7) is 0. The number of thioether (sulfide) groups is 1. The van der Waals surface area contributed by atoms with E-state index >= 15 is 0 Å². The maximum absolute atomic E-state index is 12.4. The Morgan fingerprint density at radius 3 is 2.54 bits per heavy atom. The average Bonchev–Trinajstić information content (AvgIpc) is 3.37. The van der Waals surface area contributed by atoms with Crippen LogP contribution < -0.4 is 5.32 Å². The van der Waals surface area contributed by atoms with Gasteiger partial charge in [0.1, 0.15) is 0 Å². The highest BCUT2D eigenvalue weighted by atomic mass is 35.5. The van der Waals surface area contributed by atoms with Gasteiger partial charge in [0, 0.05) is 29.0 Å². The van der Waals surface area contributed by atoms with Crippen molar-refractivity contribution in [1.29, 1.82) is 0 Å². The molecule has 1 aromatic carbocycles. The minimum Gasteiger partial charge on any atom is -0.353 e. The van der Waals surface area contributed by atoms with Gasteiger partial charge in [-0.05, 0) is 49.2 Å². The monoisotopic (exact) mass is 415 g/mol. The van der Waals surface area contributed by atoms with Crippen LogP contribution in [0.5, 0.6) is 0 Å². The predicted octanol–water partition coefficient (Wildman–Crippen LogP) is 4.25. The Kier molecular flexibility index (Phi) is 6.02. The zero-order valence-electron chi connectivity index (χ0n) is 15.4. The van der Waals surface area contributed by atoms with Gasteiger partial charge in [0.25, 0.3) is 0 Å². The molecule has 8 heteroatoms. The van der Waals surface area contributed by atoms with Crippen LogP contribution >= 0.6 is 23.4 Å². The first kappa shape index (κ1) is 19.1. The van der Waals surface area contributed by atoms with E-state index in [-0.39, 0.29) is 5.91 Å². The lowest BCUT2D eigenvalue weighted by molar-refractivity contribution is -0.119. The summed E-state index contributed by atoms with van der Waals surface area (Å²) >= 11 is 7.40. The van der Waals surface area contributed by atoms with E-state index < -0.39 is 0 Å². The number of carbonyl (C=O) groups excluding carboxylic acids is 1. The van der Waals surface area contributed by atoms with E-state index in [1.54, 1.807) is 0 Å². The molecule has 0 unspecified atom stereocenters. The van der Waals surface area contributed by atoms with E-state index in [1.165, 1.54) is 31.0 Å². The molecule has 6 nitrogen and oxygen atoms in total. The normalized spacial score (nSPS) is 14.9. The number of carbonyl (C=O) groups is 1. The molecular weight excluding hydrogens is 394 g/mol. The molecule has 1 amide bonds. The van der Waals surface area contributed by atoms with Gasteiger partial charge in [-0.3, -0.25) is 9.47 Å². The SMILES string of the molecule is O=C(CSc1nnc(-c2ccc(Cl)cc2)n1-n1cccc1)NC1CCCCC1. The topological polar surface area (TPSA) is 64.7 Å². The third-order valence-corrected chi connectivity index (χ3v) is 6.01. The molecule has 1 fully saturated rings. The quantitative estimate of drug-likeness (QED) is 0.611. The predicted molar refractivity (Wildman–Crippen MR) is 111 cm³/mol. The summed E-state index contributed by atoms with van der Waals surface area (Å²) in [4.78, 5) is 12.4. The molecule has 0 radical (unpaired) electrons. The fraction of sp³-hybridized carbons (Fsp3) is 0.350. The highest BCUT2D eigenvalue weighted by molar-refractivity contribution is 7.99. The van der Waals surface area contributed by atoms with Crippen molar-refractivity contribution in [2.45, 2.75) is 43.3 Å². The van der Waals surface area contributed by atoms with E-state index in [0.717, 1.165) is 18.4 Å². The number of amides is 1. The smallest absolute Gasteiger partial charge is 0.230 e. The van der Waals surface area contributed by atoms with Crippen molar-refractivity contribution < 1.29 is 4.79 Å². The van der Waals surface area contributed by atoms with Crippen LogP contribution in [0.3, 0.4) is 0 Å². The highest BCUT2D eigenvalue weighted by Crippen LogP contribution is 2.25. The third-order valence-electron chi connectivity index (χ3n) is 4.84. The first-order valence-electron chi connectivity index (χ1n) is 9.48. The van der Waals surface area contributed by atoms with Gasteiger partial charge in [-0.15, -0.1) is 10.2 Å². The van der Waals surface area contributed by atoms with Crippen molar-refractivity contribution in [1.82, 2.24) is 24.9 Å². The van der Waals surface area contributed by atoms with Crippen molar-refractivity contribution >= 4 is 29.3 Å². The number of aromatic nitrogens is 4. The molecule has 146 valence electrons. The number of hydrogen-bond donors (Lipinski definition) is 1. The van der Waals surface area contributed by atoms with Crippen LogP contribution in [-0.4, -0.2) is 37.3 Å². The van der Waals surface area contributed by atoms with Crippen LogP contribution in [0.4, 0.5) is 0 Å². The van der Waals surface area contributed by atoms with Crippen LogP contribution in [0, 0.1) is 0 Å². The van der Waals surface area contributed by atoms with Crippen LogP contribution in [0.25, 0.3) is 11.4 Å². The average molecular weight is 416 g/mol. The molecule has 4 rings (SSSR count). The lowest BCUT2D eigenvalue weighted by Gasteiger charge is -2.22. The molecule has 2 aromatic heterocycles. The molecule has 3 aromatic rings. The lowest BCUT2D eigenvalue weighted by atomic mass is 9.95. The summed E-state index contributed by atoms with van der Waals surface area (Å²) in [7, 11) is 0. The Morgan fingerprint density at radius 1 is 1.11 bits per heavy atom. The molecule has 1 saturated carbocycles. The van der Waals surface area contributed by atoms with Gasteiger partial charge >= 0.3 is 0 Å². The third kappa shape index (κ3) is 4.42. The van der Waals surface area contributed by atoms with Crippen LogP contribution in [0.15, 0.2) is 53.9 Å². The van der Waals surface area contributed by atoms with E-state index in [4.69, 9.17) is 11.6 Å². The van der Waals surface area contributed by atoms with Crippen molar-refractivity contribution in [2.75, 3.05) is 5.75 Å². The number of halogens is 1. The number of nitrogens with zero attached hydrogens (tertiary/aromatic N) is 4. The van der Waals surface area contributed by atoms with Gasteiger partial charge in [0.15, 0.2) is 5.82 Å². The van der Waals surface area contributed by atoms with E-state index in [2.05, 4.69) is 15.5 Å². The van der Waals surface area contributed by atoms with Gasteiger partial charge in [0.2, 0.25) is 11.1 Å². The summed E-state index contributed by atoms with van der Waals surface area (Å²) in [6.07, 6.45) is 9.68. The molecule has 0 bridgehead atoms. The Bertz CT molecular complexity index is 917. The van der Waals surface area contributed by atoms with E-state index in [9.17, 15) is 4.79 Å². The second-order valence-corrected chi connectivity index (χ2v) is 8.26. The number of nitrogens with one attached hydrogen (secondary N) is 1. The molecule has 1 aliphatic carbocycles. The maximum atomic E-state index is 12.4. The second-order valence-electron chi connectivity index (χ2n) is 6.88. The van der Waals surface area contributed by atoms with Crippen molar-refractivity contribution in [3.05, 3.63) is 53.8 Å². The van der Waals surface area contributed by atoms with Gasteiger partial charge in [-0.1, -0.05) is 42.6 Å². The van der Waals surface area contributed by atoms with Gasteiger partial charge in [-0.2, -0.15) is 0 Å². The van der Waals surface area contributed by atoms with Crippen LogP contribution in [0.2, 0.25) is 5.02 Å². The van der Waals surface area contributed by atoms with Crippen molar-refractivity contribution in [3.63, 3.8) is 0 Å². The van der Waals surface area contributed by atoms with Gasteiger partial charge < -0.3 is 5.32 Å². The zero-order valence-corrected chi connectivity index (χ0v) is 17.0. The summed E-state index contributed by atoms with van der Waals surface area (Å²) < 4.78 is 3.81. The molecule has 0 aliphatic heterocycles. The van der Waals surface area contributed by atoms with E-state index in [0.29, 0.717) is 27.8 Å². The number of hydrogen-bond acceptors (Lipinski definition) is 4.